The molecule has 1 aliphatic rings. The van der Waals surface area contributed by atoms with E-state index in [4.69, 9.17) is 4.42 Å². The fraction of sp³-hybridized carbons (Fsp3) is 0.450. The molecule has 0 N–H and O–H groups in total. The van der Waals surface area contributed by atoms with Gasteiger partial charge in [-0.05, 0) is 56.0 Å². The second-order valence-corrected chi connectivity index (χ2v) is 9.44. The summed E-state index contributed by atoms with van der Waals surface area (Å²) in [5.41, 5.74) is 1.56. The molecule has 1 amide bonds. The van der Waals surface area contributed by atoms with Gasteiger partial charge in [0.2, 0.25) is 5.91 Å². The molecular weight excluding hydrogens is 350 g/mol. The molecule has 0 atom stereocenters. The molecule has 1 aromatic heterocycles. The van der Waals surface area contributed by atoms with E-state index < -0.39 is 14.6 Å². The fourth-order valence-corrected chi connectivity index (χ4v) is 6.27. The molecule has 0 saturated heterocycles. The van der Waals surface area contributed by atoms with Gasteiger partial charge in [-0.25, -0.2) is 8.42 Å². The number of amides is 1. The quantitative estimate of drug-likeness (QED) is 0.800. The molecule has 0 spiro atoms. The van der Waals surface area contributed by atoms with E-state index in [9.17, 15) is 13.2 Å². The van der Waals surface area contributed by atoms with Gasteiger partial charge in [0.05, 0.1) is 17.7 Å². The van der Waals surface area contributed by atoms with Crippen LogP contribution in [0.3, 0.4) is 0 Å². The predicted octanol–water partition coefficient (Wildman–Crippen LogP) is 3.64. The van der Waals surface area contributed by atoms with Crippen LogP contribution in [-0.4, -0.2) is 31.0 Å². The van der Waals surface area contributed by atoms with Crippen LogP contribution in [0.4, 0.5) is 0 Å². The van der Waals surface area contributed by atoms with E-state index in [1.54, 1.807) is 38.4 Å². The lowest BCUT2D eigenvalue weighted by atomic mass is 10.1. The molecule has 0 unspecified atom stereocenters. The molecular formula is C20H25NO4S. The van der Waals surface area contributed by atoms with Crippen LogP contribution in [0, 0.1) is 13.8 Å². The molecule has 1 aliphatic carbocycles. The minimum absolute atomic E-state index is 0.260. The van der Waals surface area contributed by atoms with Crippen molar-refractivity contribution in [3.05, 3.63) is 53.5 Å². The molecule has 6 heteroatoms. The molecule has 0 bridgehead atoms. The summed E-state index contributed by atoms with van der Waals surface area (Å²) < 4.78 is 31.1. The van der Waals surface area contributed by atoms with Crippen molar-refractivity contribution < 1.29 is 17.6 Å². The first-order valence-corrected chi connectivity index (χ1v) is 10.4. The van der Waals surface area contributed by atoms with Crippen LogP contribution in [0.25, 0.3) is 0 Å². The number of hydrogen-bond acceptors (Lipinski definition) is 4. The zero-order chi connectivity index (χ0) is 18.9. The van der Waals surface area contributed by atoms with Crippen molar-refractivity contribution in [3.8, 4) is 0 Å². The van der Waals surface area contributed by atoms with Crippen LogP contribution in [0.5, 0.6) is 0 Å². The van der Waals surface area contributed by atoms with Crippen LogP contribution >= 0.6 is 0 Å². The average Bonchev–Trinajstić information content (AvgIpc) is 3.28. The van der Waals surface area contributed by atoms with Gasteiger partial charge in [-0.2, -0.15) is 0 Å². The average molecular weight is 375 g/mol. The Morgan fingerprint density at radius 1 is 1.19 bits per heavy atom. The van der Waals surface area contributed by atoms with Crippen LogP contribution < -0.4 is 0 Å². The Bertz CT molecular complexity index is 894. The molecule has 0 aliphatic heterocycles. The van der Waals surface area contributed by atoms with Gasteiger partial charge in [0.15, 0.2) is 14.6 Å². The van der Waals surface area contributed by atoms with Gasteiger partial charge in [-0.15, -0.1) is 0 Å². The lowest BCUT2D eigenvalue weighted by Gasteiger charge is -2.32. The number of sulfone groups is 1. The van der Waals surface area contributed by atoms with E-state index in [1.165, 1.54) is 4.90 Å². The number of benzene rings is 1. The van der Waals surface area contributed by atoms with Gasteiger partial charge >= 0.3 is 0 Å². The summed E-state index contributed by atoms with van der Waals surface area (Å²) in [5, 5.41) is 0. The van der Waals surface area contributed by atoms with Crippen molar-refractivity contribution in [2.45, 2.75) is 55.7 Å². The molecule has 0 radical (unpaired) electrons. The third-order valence-corrected chi connectivity index (χ3v) is 7.90. The number of nitrogens with zero attached hydrogens (tertiary/aromatic N) is 1. The third-order valence-electron chi connectivity index (χ3n) is 5.27. The summed E-state index contributed by atoms with van der Waals surface area (Å²) >= 11 is 0. The van der Waals surface area contributed by atoms with Gasteiger partial charge in [0.1, 0.15) is 5.76 Å². The molecule has 140 valence electrons. The van der Waals surface area contributed by atoms with Crippen molar-refractivity contribution in [1.29, 1.82) is 0 Å². The molecule has 5 nitrogen and oxygen atoms in total. The zero-order valence-corrected chi connectivity index (χ0v) is 16.3. The van der Waals surface area contributed by atoms with Gasteiger partial charge in [0, 0.05) is 7.05 Å². The summed E-state index contributed by atoms with van der Waals surface area (Å²) in [6.07, 6.45) is 3.76. The Balaban J connectivity index is 2.01. The zero-order valence-electron chi connectivity index (χ0n) is 15.5. The summed E-state index contributed by atoms with van der Waals surface area (Å²) in [5.74, 6) is 0.297. The normalized spacial score (nSPS) is 16.6. The maximum absolute atomic E-state index is 13.6. The standard InChI is InChI=1S/C20H25NO4S/c1-15-8-9-16(2)18(13-15)26(23,24)20(10-4-5-11-20)19(22)21(3)14-17-7-6-12-25-17/h6-9,12-13H,4-5,10-11,14H2,1-3H3. The number of carbonyl (C=O) groups excluding carboxylic acids is 1. The molecule has 3 rings (SSSR count). The van der Waals surface area contributed by atoms with Crippen molar-refractivity contribution >= 4 is 15.7 Å². The highest BCUT2D eigenvalue weighted by Crippen LogP contribution is 2.43. The molecule has 1 aromatic carbocycles. The van der Waals surface area contributed by atoms with Gasteiger partial charge < -0.3 is 9.32 Å². The van der Waals surface area contributed by atoms with Gasteiger partial charge in [0.25, 0.3) is 0 Å². The summed E-state index contributed by atoms with van der Waals surface area (Å²) in [7, 11) is -2.16. The highest BCUT2D eigenvalue weighted by atomic mass is 32.2. The first kappa shape index (κ1) is 18.7. The van der Waals surface area contributed by atoms with E-state index in [0.717, 1.165) is 18.4 Å². The SMILES string of the molecule is Cc1ccc(C)c(S(=O)(=O)C2(C(=O)N(C)Cc3ccco3)CCCC2)c1. The Kier molecular flexibility index (Phi) is 4.97. The fourth-order valence-electron chi connectivity index (χ4n) is 3.81. The smallest absolute Gasteiger partial charge is 0.244 e. The second kappa shape index (κ2) is 6.91. The number of hydrogen-bond donors (Lipinski definition) is 0. The van der Waals surface area contributed by atoms with E-state index >= 15 is 0 Å². The maximum Gasteiger partial charge on any atom is 0.244 e. The topological polar surface area (TPSA) is 67.6 Å². The minimum atomic E-state index is -3.80. The monoisotopic (exact) mass is 375 g/mol. The van der Waals surface area contributed by atoms with Crippen LogP contribution in [0.1, 0.15) is 42.6 Å². The van der Waals surface area contributed by atoms with Crippen LogP contribution in [0.15, 0.2) is 45.9 Å². The summed E-state index contributed by atoms with van der Waals surface area (Å²) in [6.45, 7) is 3.91. The molecule has 26 heavy (non-hydrogen) atoms. The Labute approximate surface area is 154 Å². The lowest BCUT2D eigenvalue weighted by Crippen LogP contribution is -2.51. The number of furan rings is 1. The number of carbonyl (C=O) groups is 1. The van der Waals surface area contributed by atoms with E-state index in [2.05, 4.69) is 0 Å². The molecule has 1 heterocycles. The second-order valence-electron chi connectivity index (χ2n) is 7.21. The molecule has 2 aromatic rings. The van der Waals surface area contributed by atoms with Crippen molar-refractivity contribution in [3.63, 3.8) is 0 Å². The summed E-state index contributed by atoms with van der Waals surface area (Å²) in [6, 6.07) is 8.92. The van der Waals surface area contributed by atoms with Crippen LogP contribution in [-0.2, 0) is 21.2 Å². The van der Waals surface area contributed by atoms with E-state index in [-0.39, 0.29) is 17.3 Å². The van der Waals surface area contributed by atoms with Crippen molar-refractivity contribution in [1.82, 2.24) is 4.90 Å². The first-order chi connectivity index (χ1) is 12.3. The Morgan fingerprint density at radius 2 is 1.88 bits per heavy atom. The maximum atomic E-state index is 13.6. The van der Waals surface area contributed by atoms with Crippen molar-refractivity contribution in [2.75, 3.05) is 7.05 Å². The first-order valence-electron chi connectivity index (χ1n) is 8.88. The van der Waals surface area contributed by atoms with E-state index in [1.807, 2.05) is 19.1 Å². The highest BCUT2D eigenvalue weighted by molar-refractivity contribution is 7.93. The summed E-state index contributed by atoms with van der Waals surface area (Å²) in [4.78, 5) is 15.1. The molecule has 1 saturated carbocycles. The molecule has 1 fully saturated rings. The van der Waals surface area contributed by atoms with Crippen LogP contribution in [0.2, 0.25) is 0 Å². The van der Waals surface area contributed by atoms with Gasteiger partial charge in [-0.3, -0.25) is 4.79 Å². The lowest BCUT2D eigenvalue weighted by molar-refractivity contribution is -0.133. The van der Waals surface area contributed by atoms with Crippen molar-refractivity contribution in [2.24, 2.45) is 0 Å². The highest BCUT2D eigenvalue weighted by Gasteiger charge is 2.54. The van der Waals surface area contributed by atoms with E-state index in [0.29, 0.717) is 24.2 Å². The minimum Gasteiger partial charge on any atom is -0.467 e. The Morgan fingerprint density at radius 3 is 2.50 bits per heavy atom. The third kappa shape index (κ3) is 3.07. The Hall–Kier alpha value is -2.08. The van der Waals surface area contributed by atoms with Gasteiger partial charge in [-0.1, -0.05) is 25.0 Å². The number of aryl methyl sites for hydroxylation is 2. The predicted molar refractivity (Wildman–Crippen MR) is 99.5 cm³/mol. The number of rotatable bonds is 5. The largest absolute Gasteiger partial charge is 0.467 e.